The van der Waals surface area contributed by atoms with Crippen molar-refractivity contribution in [2.75, 3.05) is 13.2 Å². The maximum Gasteiger partial charge on any atom is 0.130 e. The van der Waals surface area contributed by atoms with Crippen LogP contribution in [0, 0.1) is 11.3 Å². The minimum atomic E-state index is 0.0807. The van der Waals surface area contributed by atoms with E-state index in [2.05, 4.69) is 16.3 Å². The second-order valence-electron chi connectivity index (χ2n) is 3.69. The highest BCUT2D eigenvalue weighted by molar-refractivity contribution is 5.73. The van der Waals surface area contributed by atoms with Gasteiger partial charge in [-0.25, -0.2) is 0 Å². The molecule has 0 spiro atoms. The van der Waals surface area contributed by atoms with Gasteiger partial charge in [-0.2, -0.15) is 10.4 Å². The Morgan fingerprint density at radius 3 is 2.94 bits per heavy atom. The van der Waals surface area contributed by atoms with E-state index in [1.54, 1.807) is 30.5 Å². The first-order valence-electron chi connectivity index (χ1n) is 5.63. The van der Waals surface area contributed by atoms with Crippen LogP contribution in [0.2, 0.25) is 0 Å². The van der Waals surface area contributed by atoms with Gasteiger partial charge in [0.25, 0.3) is 0 Å². The smallest absolute Gasteiger partial charge is 0.130 e. The van der Waals surface area contributed by atoms with Gasteiger partial charge in [0.2, 0.25) is 0 Å². The van der Waals surface area contributed by atoms with Crippen LogP contribution >= 0.6 is 0 Å². The van der Waals surface area contributed by atoms with Gasteiger partial charge in [0.05, 0.1) is 29.5 Å². The van der Waals surface area contributed by atoms with Gasteiger partial charge in [-0.3, -0.25) is 5.10 Å². The molecule has 0 radical (unpaired) electrons. The Balaban J connectivity index is 2.37. The van der Waals surface area contributed by atoms with Crippen molar-refractivity contribution in [1.82, 2.24) is 10.2 Å². The summed E-state index contributed by atoms with van der Waals surface area (Å²) in [6.45, 7) is 0.490. The predicted octanol–water partition coefficient (Wildman–Crippen LogP) is 1.71. The van der Waals surface area contributed by atoms with E-state index in [0.717, 1.165) is 5.69 Å². The number of H-pyrrole nitrogens is 1. The van der Waals surface area contributed by atoms with Crippen molar-refractivity contribution < 1.29 is 9.84 Å². The van der Waals surface area contributed by atoms with Crippen molar-refractivity contribution in [2.24, 2.45) is 0 Å². The molecule has 2 N–H and O–H groups in total. The molecule has 1 aromatic heterocycles. The monoisotopic (exact) mass is 243 g/mol. The average molecular weight is 243 g/mol. The summed E-state index contributed by atoms with van der Waals surface area (Å²) in [6, 6.07) is 9.23. The van der Waals surface area contributed by atoms with Crippen LogP contribution in [0.3, 0.4) is 0 Å². The lowest BCUT2D eigenvalue weighted by Crippen LogP contribution is -2.02. The Hall–Kier alpha value is -2.32. The van der Waals surface area contributed by atoms with Crippen LogP contribution < -0.4 is 4.74 Å². The molecule has 0 bridgehead atoms. The second-order valence-corrected chi connectivity index (χ2v) is 3.69. The van der Waals surface area contributed by atoms with Crippen LogP contribution in [0.1, 0.15) is 12.0 Å². The van der Waals surface area contributed by atoms with Gasteiger partial charge in [-0.15, -0.1) is 0 Å². The van der Waals surface area contributed by atoms with Gasteiger partial charge in [-0.05, 0) is 18.2 Å². The van der Waals surface area contributed by atoms with Crippen molar-refractivity contribution in [3.05, 3.63) is 36.0 Å². The van der Waals surface area contributed by atoms with Gasteiger partial charge >= 0.3 is 0 Å². The number of hydrogen-bond acceptors (Lipinski definition) is 4. The molecule has 0 saturated heterocycles. The van der Waals surface area contributed by atoms with Crippen LogP contribution in [0.15, 0.2) is 30.5 Å². The Morgan fingerprint density at radius 2 is 2.28 bits per heavy atom. The number of aliphatic hydroxyl groups excluding tert-OH is 1. The lowest BCUT2D eigenvalue weighted by molar-refractivity contribution is 0.234. The van der Waals surface area contributed by atoms with E-state index in [1.165, 1.54) is 0 Å². The van der Waals surface area contributed by atoms with Crippen molar-refractivity contribution in [1.29, 1.82) is 5.26 Å². The molecular weight excluding hydrogens is 230 g/mol. The summed E-state index contributed by atoms with van der Waals surface area (Å²) in [7, 11) is 0. The van der Waals surface area contributed by atoms with Crippen molar-refractivity contribution >= 4 is 0 Å². The summed E-state index contributed by atoms with van der Waals surface area (Å²) in [6.07, 6.45) is 2.18. The topological polar surface area (TPSA) is 81.9 Å². The Bertz CT molecular complexity index is 544. The number of ether oxygens (including phenoxy) is 1. The van der Waals surface area contributed by atoms with E-state index in [4.69, 9.17) is 15.1 Å². The highest BCUT2D eigenvalue weighted by Gasteiger charge is 2.12. The number of benzene rings is 1. The first-order valence-corrected chi connectivity index (χ1v) is 5.63. The summed E-state index contributed by atoms with van der Waals surface area (Å²) in [5, 5.41) is 24.6. The Kier molecular flexibility index (Phi) is 3.94. The van der Waals surface area contributed by atoms with Crippen LogP contribution in [0.5, 0.6) is 5.75 Å². The molecule has 2 rings (SSSR count). The van der Waals surface area contributed by atoms with Gasteiger partial charge in [0, 0.05) is 19.2 Å². The Morgan fingerprint density at radius 1 is 1.39 bits per heavy atom. The van der Waals surface area contributed by atoms with Crippen LogP contribution in [0.25, 0.3) is 11.3 Å². The summed E-state index contributed by atoms with van der Waals surface area (Å²) >= 11 is 0. The predicted molar refractivity (Wildman–Crippen MR) is 65.9 cm³/mol. The van der Waals surface area contributed by atoms with Gasteiger partial charge in [0.1, 0.15) is 5.75 Å². The number of nitriles is 1. The molecule has 5 nitrogen and oxygen atoms in total. The molecule has 0 unspecified atom stereocenters. The van der Waals surface area contributed by atoms with Gasteiger partial charge in [0.15, 0.2) is 0 Å². The lowest BCUT2D eigenvalue weighted by Gasteiger charge is -2.11. The molecule has 2 aromatic rings. The third-order valence-corrected chi connectivity index (χ3v) is 2.48. The highest BCUT2D eigenvalue weighted by atomic mass is 16.5. The largest absolute Gasteiger partial charge is 0.493 e. The molecule has 5 heteroatoms. The van der Waals surface area contributed by atoms with Crippen molar-refractivity contribution in [2.45, 2.75) is 6.42 Å². The molecule has 18 heavy (non-hydrogen) atoms. The molecule has 92 valence electrons. The lowest BCUT2D eigenvalue weighted by atomic mass is 10.0. The molecule has 0 atom stereocenters. The number of aromatic amines is 1. The molecule has 0 amide bonds. The quantitative estimate of drug-likeness (QED) is 0.783. The van der Waals surface area contributed by atoms with E-state index < -0.39 is 0 Å². The molecule has 1 heterocycles. The normalized spacial score (nSPS) is 10.0. The zero-order chi connectivity index (χ0) is 12.8. The van der Waals surface area contributed by atoms with E-state index >= 15 is 0 Å². The first-order chi connectivity index (χ1) is 8.86. The summed E-state index contributed by atoms with van der Waals surface area (Å²) in [5.74, 6) is 0.617. The maximum absolute atomic E-state index is 9.13. The third-order valence-electron chi connectivity index (χ3n) is 2.48. The summed E-state index contributed by atoms with van der Waals surface area (Å²) < 4.78 is 5.58. The molecule has 0 saturated carbocycles. The fourth-order valence-electron chi connectivity index (χ4n) is 1.66. The number of aliphatic hydroxyl groups is 1. The van der Waals surface area contributed by atoms with Crippen LogP contribution in [-0.2, 0) is 0 Å². The third kappa shape index (κ3) is 2.50. The molecule has 0 fully saturated rings. The average Bonchev–Trinajstić information content (AvgIpc) is 2.92. The molecular formula is C13H13N3O2. The standard InChI is InChI=1S/C13H13N3O2/c14-9-10-3-1-4-12(18-8-2-7-17)13(10)11-5-6-15-16-11/h1,3-6,17H,2,7-8H2,(H,15,16). The minimum absolute atomic E-state index is 0.0807. The van der Waals surface area contributed by atoms with Gasteiger partial charge in [-0.1, -0.05) is 6.07 Å². The fourth-order valence-corrected chi connectivity index (χ4v) is 1.66. The zero-order valence-corrected chi connectivity index (χ0v) is 9.76. The van der Waals surface area contributed by atoms with Gasteiger partial charge < -0.3 is 9.84 Å². The number of hydrogen-bond donors (Lipinski definition) is 2. The molecule has 0 aliphatic heterocycles. The summed E-state index contributed by atoms with van der Waals surface area (Å²) in [4.78, 5) is 0. The van der Waals surface area contributed by atoms with Crippen LogP contribution in [-0.4, -0.2) is 28.5 Å². The summed E-state index contributed by atoms with van der Waals surface area (Å²) in [5.41, 5.74) is 1.97. The molecule has 1 aromatic carbocycles. The first kappa shape index (κ1) is 12.1. The van der Waals surface area contributed by atoms with E-state index in [9.17, 15) is 0 Å². The van der Waals surface area contributed by atoms with E-state index in [-0.39, 0.29) is 6.61 Å². The highest BCUT2D eigenvalue weighted by Crippen LogP contribution is 2.31. The number of rotatable bonds is 5. The van der Waals surface area contributed by atoms with Crippen molar-refractivity contribution in [3.8, 4) is 23.1 Å². The molecule has 0 aliphatic rings. The maximum atomic E-state index is 9.13. The second kappa shape index (κ2) is 5.84. The zero-order valence-electron chi connectivity index (χ0n) is 9.76. The van der Waals surface area contributed by atoms with Crippen molar-refractivity contribution in [3.63, 3.8) is 0 Å². The minimum Gasteiger partial charge on any atom is -0.493 e. The van der Waals surface area contributed by atoms with Crippen LogP contribution in [0.4, 0.5) is 0 Å². The van der Waals surface area contributed by atoms with E-state index in [0.29, 0.717) is 29.9 Å². The number of aromatic nitrogens is 2. The Labute approximate surface area is 105 Å². The van der Waals surface area contributed by atoms with E-state index in [1.807, 2.05) is 0 Å². The number of nitrogens with zero attached hydrogens (tertiary/aromatic N) is 2. The molecule has 0 aliphatic carbocycles. The fraction of sp³-hybridized carbons (Fsp3) is 0.231. The SMILES string of the molecule is N#Cc1cccc(OCCCO)c1-c1ccn[nH]1. The number of nitrogens with one attached hydrogen (secondary N) is 1.